The second-order valence-electron chi connectivity index (χ2n) is 5.07. The van der Waals surface area contributed by atoms with Crippen molar-refractivity contribution in [3.8, 4) is 5.82 Å². The first-order chi connectivity index (χ1) is 9.11. The molecule has 0 bridgehead atoms. The topological polar surface area (TPSA) is 42.7 Å². The van der Waals surface area contributed by atoms with E-state index in [0.29, 0.717) is 12.0 Å². The molecule has 2 heterocycles. The molecule has 0 radical (unpaired) electrons. The number of rotatable bonds is 5. The molecular weight excluding hydrogens is 236 g/mol. The van der Waals surface area contributed by atoms with Crippen molar-refractivity contribution in [3.63, 3.8) is 0 Å². The van der Waals surface area contributed by atoms with Gasteiger partial charge in [0.15, 0.2) is 5.82 Å². The maximum absolute atomic E-state index is 4.56. The Labute approximate surface area is 114 Å². The minimum absolute atomic E-state index is 0.326. The van der Waals surface area contributed by atoms with Crippen molar-refractivity contribution < 1.29 is 0 Å². The van der Waals surface area contributed by atoms with E-state index in [1.807, 2.05) is 29.2 Å². The van der Waals surface area contributed by atoms with E-state index in [1.54, 1.807) is 0 Å². The molecule has 0 spiro atoms. The van der Waals surface area contributed by atoms with E-state index >= 15 is 0 Å². The summed E-state index contributed by atoms with van der Waals surface area (Å²) < 4.78 is 1.84. The normalized spacial score (nSPS) is 12.9. The first-order valence-corrected chi connectivity index (χ1v) is 6.87. The third-order valence-corrected chi connectivity index (χ3v) is 3.22. The molecule has 0 aliphatic heterocycles. The number of hydrogen-bond donors (Lipinski definition) is 1. The molecule has 0 saturated heterocycles. The standard InChI is InChI=1S/C15H22N4/c1-5-16-12(4)13-6-8-17-15(10-13)19-9-7-14(18-19)11(2)3/h6-12,16H,5H2,1-4H3. The highest BCUT2D eigenvalue weighted by Gasteiger charge is 2.08. The summed E-state index contributed by atoms with van der Waals surface area (Å²) in [6.07, 6.45) is 3.81. The van der Waals surface area contributed by atoms with Crippen molar-refractivity contribution in [2.24, 2.45) is 0 Å². The van der Waals surface area contributed by atoms with Crippen molar-refractivity contribution in [3.05, 3.63) is 41.9 Å². The van der Waals surface area contributed by atoms with Crippen LogP contribution in [0.25, 0.3) is 5.82 Å². The highest BCUT2D eigenvalue weighted by molar-refractivity contribution is 5.29. The molecule has 0 aliphatic carbocycles. The average Bonchev–Trinajstić information content (AvgIpc) is 2.89. The fourth-order valence-corrected chi connectivity index (χ4v) is 2.03. The van der Waals surface area contributed by atoms with Crippen molar-refractivity contribution >= 4 is 0 Å². The number of nitrogens with zero attached hydrogens (tertiary/aromatic N) is 3. The van der Waals surface area contributed by atoms with Crippen LogP contribution in [0.5, 0.6) is 0 Å². The summed E-state index contributed by atoms with van der Waals surface area (Å²) in [5.74, 6) is 1.30. The molecule has 1 unspecified atom stereocenters. The van der Waals surface area contributed by atoms with E-state index in [2.05, 4.69) is 49.2 Å². The van der Waals surface area contributed by atoms with Crippen LogP contribution < -0.4 is 5.32 Å². The van der Waals surface area contributed by atoms with E-state index in [1.165, 1.54) is 5.56 Å². The summed E-state index contributed by atoms with van der Waals surface area (Å²) >= 11 is 0. The number of nitrogens with one attached hydrogen (secondary N) is 1. The predicted molar refractivity (Wildman–Crippen MR) is 77.5 cm³/mol. The van der Waals surface area contributed by atoms with Gasteiger partial charge in [-0.15, -0.1) is 0 Å². The van der Waals surface area contributed by atoms with Gasteiger partial charge in [-0.05, 0) is 43.1 Å². The molecule has 2 aromatic rings. The Morgan fingerprint density at radius 1 is 1.26 bits per heavy atom. The summed E-state index contributed by atoms with van der Waals surface area (Å²) in [7, 11) is 0. The van der Waals surface area contributed by atoms with Crippen LogP contribution in [0.1, 0.15) is 50.9 Å². The molecule has 1 N–H and O–H groups in total. The molecule has 102 valence electrons. The molecule has 19 heavy (non-hydrogen) atoms. The Balaban J connectivity index is 2.26. The summed E-state index contributed by atoms with van der Waals surface area (Å²) in [4.78, 5) is 4.40. The summed E-state index contributed by atoms with van der Waals surface area (Å²) in [5.41, 5.74) is 2.32. The number of hydrogen-bond acceptors (Lipinski definition) is 3. The lowest BCUT2D eigenvalue weighted by atomic mass is 10.1. The second kappa shape index (κ2) is 5.97. The van der Waals surface area contributed by atoms with E-state index in [4.69, 9.17) is 0 Å². The molecule has 0 saturated carbocycles. The first kappa shape index (κ1) is 13.7. The van der Waals surface area contributed by atoms with Gasteiger partial charge in [0.1, 0.15) is 0 Å². The zero-order valence-corrected chi connectivity index (χ0v) is 12.1. The molecule has 0 fully saturated rings. The molecule has 1 atom stereocenters. The third-order valence-electron chi connectivity index (χ3n) is 3.22. The molecule has 2 aromatic heterocycles. The molecule has 0 amide bonds. The molecular formula is C15H22N4. The Bertz CT molecular complexity index is 530. The van der Waals surface area contributed by atoms with Gasteiger partial charge >= 0.3 is 0 Å². The van der Waals surface area contributed by atoms with Crippen LogP contribution >= 0.6 is 0 Å². The van der Waals surface area contributed by atoms with Crippen LogP contribution in [-0.4, -0.2) is 21.3 Å². The Hall–Kier alpha value is -1.68. The minimum Gasteiger partial charge on any atom is -0.310 e. The van der Waals surface area contributed by atoms with Gasteiger partial charge in [-0.1, -0.05) is 20.8 Å². The quantitative estimate of drug-likeness (QED) is 0.896. The van der Waals surface area contributed by atoms with Crippen molar-refractivity contribution in [2.75, 3.05) is 6.54 Å². The van der Waals surface area contributed by atoms with Crippen LogP contribution in [0, 0.1) is 0 Å². The molecule has 4 heteroatoms. The molecule has 0 aromatic carbocycles. The van der Waals surface area contributed by atoms with Gasteiger partial charge in [0.2, 0.25) is 0 Å². The van der Waals surface area contributed by atoms with Gasteiger partial charge in [-0.3, -0.25) is 0 Å². The predicted octanol–water partition coefficient (Wildman–Crippen LogP) is 3.06. The highest BCUT2D eigenvalue weighted by atomic mass is 15.3. The fraction of sp³-hybridized carbons (Fsp3) is 0.467. The van der Waals surface area contributed by atoms with Crippen molar-refractivity contribution in [2.45, 2.75) is 39.7 Å². The minimum atomic E-state index is 0.326. The lowest BCUT2D eigenvalue weighted by Gasteiger charge is -2.13. The van der Waals surface area contributed by atoms with Crippen LogP contribution in [0.2, 0.25) is 0 Å². The fourth-order valence-electron chi connectivity index (χ4n) is 2.03. The lowest BCUT2D eigenvalue weighted by Crippen LogP contribution is -2.18. The van der Waals surface area contributed by atoms with Gasteiger partial charge in [-0.2, -0.15) is 5.10 Å². The second-order valence-corrected chi connectivity index (χ2v) is 5.07. The largest absolute Gasteiger partial charge is 0.310 e. The van der Waals surface area contributed by atoms with E-state index in [9.17, 15) is 0 Å². The average molecular weight is 258 g/mol. The van der Waals surface area contributed by atoms with Gasteiger partial charge in [0, 0.05) is 18.4 Å². The Morgan fingerprint density at radius 3 is 2.68 bits per heavy atom. The van der Waals surface area contributed by atoms with E-state index < -0.39 is 0 Å². The van der Waals surface area contributed by atoms with Crippen LogP contribution in [0.3, 0.4) is 0 Å². The van der Waals surface area contributed by atoms with Crippen molar-refractivity contribution in [1.82, 2.24) is 20.1 Å². The van der Waals surface area contributed by atoms with Gasteiger partial charge < -0.3 is 5.32 Å². The maximum atomic E-state index is 4.56. The van der Waals surface area contributed by atoms with Crippen LogP contribution in [0.15, 0.2) is 30.6 Å². The van der Waals surface area contributed by atoms with Gasteiger partial charge in [0.25, 0.3) is 0 Å². The zero-order chi connectivity index (χ0) is 13.8. The van der Waals surface area contributed by atoms with Crippen LogP contribution in [0.4, 0.5) is 0 Å². The Kier molecular flexibility index (Phi) is 4.32. The van der Waals surface area contributed by atoms with E-state index in [0.717, 1.165) is 18.1 Å². The van der Waals surface area contributed by atoms with Gasteiger partial charge in [0.05, 0.1) is 5.69 Å². The van der Waals surface area contributed by atoms with Crippen molar-refractivity contribution in [1.29, 1.82) is 0 Å². The molecule has 2 rings (SSSR count). The monoisotopic (exact) mass is 258 g/mol. The third kappa shape index (κ3) is 3.20. The Morgan fingerprint density at radius 2 is 2.05 bits per heavy atom. The first-order valence-electron chi connectivity index (χ1n) is 6.87. The summed E-state index contributed by atoms with van der Waals surface area (Å²) in [5, 5.41) is 7.97. The zero-order valence-electron chi connectivity index (χ0n) is 12.1. The maximum Gasteiger partial charge on any atom is 0.153 e. The SMILES string of the molecule is CCNC(C)c1ccnc(-n2ccc(C(C)C)n2)c1. The number of aromatic nitrogens is 3. The molecule has 0 aliphatic rings. The summed E-state index contributed by atoms with van der Waals surface area (Å²) in [6.45, 7) is 9.51. The number of pyridine rings is 1. The smallest absolute Gasteiger partial charge is 0.153 e. The lowest BCUT2D eigenvalue weighted by molar-refractivity contribution is 0.596. The van der Waals surface area contributed by atoms with E-state index in [-0.39, 0.29) is 0 Å². The highest BCUT2D eigenvalue weighted by Crippen LogP contribution is 2.16. The summed E-state index contributed by atoms with van der Waals surface area (Å²) in [6, 6.07) is 6.51. The van der Waals surface area contributed by atoms with Crippen LogP contribution in [-0.2, 0) is 0 Å². The van der Waals surface area contributed by atoms with Gasteiger partial charge in [-0.25, -0.2) is 9.67 Å². The molecule has 4 nitrogen and oxygen atoms in total.